The molecule has 1 heterocycles. The first kappa shape index (κ1) is 14.2. The molecular weight excluding hydrogens is 289 g/mol. The zero-order valence-corrected chi connectivity index (χ0v) is 11.6. The van der Waals surface area contributed by atoms with Gasteiger partial charge in [-0.3, -0.25) is 4.79 Å². The molecule has 0 saturated carbocycles. The molecule has 0 unspecified atom stereocenters. The Morgan fingerprint density at radius 2 is 2.26 bits per heavy atom. The van der Waals surface area contributed by atoms with Crippen LogP contribution in [0.3, 0.4) is 0 Å². The second-order valence-electron chi connectivity index (χ2n) is 4.09. The molecule has 4 nitrogen and oxygen atoms in total. The molecular formula is C13H13Cl2NO3. The van der Waals surface area contributed by atoms with Gasteiger partial charge in [-0.1, -0.05) is 35.4 Å². The molecule has 1 aliphatic rings. The Bertz CT molecular complexity index is 505. The fourth-order valence-electron chi connectivity index (χ4n) is 1.83. The van der Waals surface area contributed by atoms with Crippen molar-refractivity contribution in [3.63, 3.8) is 0 Å². The Balaban J connectivity index is 1.93. The van der Waals surface area contributed by atoms with Crippen LogP contribution in [0.2, 0.25) is 10.0 Å². The lowest BCUT2D eigenvalue weighted by Gasteiger charge is -2.23. The van der Waals surface area contributed by atoms with Crippen LogP contribution >= 0.6 is 23.2 Å². The number of hydrogen-bond acceptors (Lipinski definition) is 3. The SMILES string of the molecule is O=C(COc1ccc(Cl)cc1Cl)N1CC=C[C@@H]1CO. The van der Waals surface area contributed by atoms with Crippen molar-refractivity contribution < 1.29 is 14.6 Å². The van der Waals surface area contributed by atoms with Gasteiger partial charge >= 0.3 is 0 Å². The van der Waals surface area contributed by atoms with Crippen molar-refractivity contribution in [2.24, 2.45) is 0 Å². The van der Waals surface area contributed by atoms with Crippen LogP contribution in [0.5, 0.6) is 5.75 Å². The van der Waals surface area contributed by atoms with E-state index in [0.717, 1.165) is 0 Å². The molecule has 0 radical (unpaired) electrons. The smallest absolute Gasteiger partial charge is 0.261 e. The third kappa shape index (κ3) is 3.41. The number of carbonyl (C=O) groups is 1. The summed E-state index contributed by atoms with van der Waals surface area (Å²) in [5, 5.41) is 9.99. The van der Waals surface area contributed by atoms with Crippen LogP contribution in [0.25, 0.3) is 0 Å². The van der Waals surface area contributed by atoms with Crippen molar-refractivity contribution >= 4 is 29.1 Å². The summed E-state index contributed by atoms with van der Waals surface area (Å²) < 4.78 is 5.37. The molecule has 0 saturated heterocycles. The van der Waals surface area contributed by atoms with E-state index in [2.05, 4.69) is 0 Å². The average molecular weight is 302 g/mol. The van der Waals surface area contributed by atoms with Gasteiger partial charge in [0, 0.05) is 11.6 Å². The topological polar surface area (TPSA) is 49.8 Å². The maximum absolute atomic E-state index is 11.9. The summed E-state index contributed by atoms with van der Waals surface area (Å²) >= 11 is 11.7. The highest BCUT2D eigenvalue weighted by Crippen LogP contribution is 2.27. The summed E-state index contributed by atoms with van der Waals surface area (Å²) in [6.07, 6.45) is 3.64. The van der Waals surface area contributed by atoms with Gasteiger partial charge in [0.15, 0.2) is 6.61 Å². The number of aliphatic hydroxyl groups excluding tert-OH is 1. The molecule has 19 heavy (non-hydrogen) atoms. The van der Waals surface area contributed by atoms with E-state index in [1.807, 2.05) is 6.08 Å². The number of rotatable bonds is 4. The van der Waals surface area contributed by atoms with Gasteiger partial charge in [-0.05, 0) is 18.2 Å². The minimum Gasteiger partial charge on any atom is -0.482 e. The van der Waals surface area contributed by atoms with Crippen LogP contribution < -0.4 is 4.74 Å². The molecule has 0 aliphatic carbocycles. The second kappa shape index (κ2) is 6.28. The minimum absolute atomic E-state index is 0.0933. The first-order valence-corrected chi connectivity index (χ1v) is 6.52. The van der Waals surface area contributed by atoms with Gasteiger partial charge in [0.05, 0.1) is 17.7 Å². The summed E-state index contributed by atoms with van der Waals surface area (Å²) in [5.41, 5.74) is 0. The van der Waals surface area contributed by atoms with E-state index in [-0.39, 0.29) is 25.2 Å². The lowest BCUT2D eigenvalue weighted by atomic mass is 10.3. The molecule has 102 valence electrons. The Hall–Kier alpha value is -1.23. The van der Waals surface area contributed by atoms with Gasteiger partial charge < -0.3 is 14.7 Å². The molecule has 1 aromatic carbocycles. The molecule has 1 aliphatic heterocycles. The van der Waals surface area contributed by atoms with Crippen LogP contribution in [0.4, 0.5) is 0 Å². The molecule has 0 fully saturated rings. The van der Waals surface area contributed by atoms with E-state index in [1.165, 1.54) is 0 Å². The molecule has 6 heteroatoms. The number of halogens is 2. The second-order valence-corrected chi connectivity index (χ2v) is 4.93. The first-order chi connectivity index (χ1) is 9.11. The number of benzene rings is 1. The Morgan fingerprint density at radius 1 is 1.47 bits per heavy atom. The predicted molar refractivity (Wildman–Crippen MR) is 73.7 cm³/mol. The summed E-state index contributed by atoms with van der Waals surface area (Å²) in [4.78, 5) is 13.5. The van der Waals surface area contributed by atoms with Gasteiger partial charge in [0.1, 0.15) is 5.75 Å². The largest absolute Gasteiger partial charge is 0.482 e. The Labute approximate surface area is 121 Å². The van der Waals surface area contributed by atoms with Crippen molar-refractivity contribution in [3.8, 4) is 5.75 Å². The molecule has 0 bridgehead atoms. The average Bonchev–Trinajstić information content (AvgIpc) is 2.85. The molecule has 1 N–H and O–H groups in total. The number of aliphatic hydroxyl groups is 1. The highest BCUT2D eigenvalue weighted by Gasteiger charge is 2.24. The maximum Gasteiger partial charge on any atom is 0.261 e. The minimum atomic E-state index is -0.267. The van der Waals surface area contributed by atoms with E-state index in [4.69, 9.17) is 33.0 Å². The van der Waals surface area contributed by atoms with Gasteiger partial charge in [0.25, 0.3) is 5.91 Å². The highest BCUT2D eigenvalue weighted by atomic mass is 35.5. The van der Waals surface area contributed by atoms with E-state index in [9.17, 15) is 4.79 Å². The molecule has 1 atom stereocenters. The fraction of sp³-hybridized carbons (Fsp3) is 0.308. The zero-order valence-electron chi connectivity index (χ0n) is 10.1. The third-order valence-corrected chi connectivity index (χ3v) is 3.34. The summed E-state index contributed by atoms with van der Waals surface area (Å²) in [5.74, 6) is 0.210. The number of ether oxygens (including phenoxy) is 1. The zero-order chi connectivity index (χ0) is 13.8. The molecule has 1 aromatic rings. The standard InChI is InChI=1S/C13H13Cl2NO3/c14-9-3-4-12(11(15)6-9)19-8-13(18)16-5-1-2-10(16)7-17/h1-4,6,10,17H,5,7-8H2/t10-/m1/s1. The predicted octanol–water partition coefficient (Wildman–Crippen LogP) is 2.13. The lowest BCUT2D eigenvalue weighted by molar-refractivity contribution is -0.134. The first-order valence-electron chi connectivity index (χ1n) is 5.76. The van der Waals surface area contributed by atoms with Crippen LogP contribution in [0, 0.1) is 0 Å². The van der Waals surface area contributed by atoms with E-state index in [0.29, 0.717) is 22.3 Å². The van der Waals surface area contributed by atoms with E-state index >= 15 is 0 Å². The molecule has 2 rings (SSSR count). The number of amides is 1. The quantitative estimate of drug-likeness (QED) is 0.867. The van der Waals surface area contributed by atoms with Crippen molar-refractivity contribution in [3.05, 3.63) is 40.4 Å². The van der Waals surface area contributed by atoms with Gasteiger partial charge in [0.2, 0.25) is 0 Å². The molecule has 0 spiro atoms. The fourth-order valence-corrected chi connectivity index (χ4v) is 2.29. The Kier molecular flexibility index (Phi) is 4.69. The summed E-state index contributed by atoms with van der Waals surface area (Å²) in [7, 11) is 0. The van der Waals surface area contributed by atoms with Gasteiger partial charge in [-0.25, -0.2) is 0 Å². The molecule has 0 aromatic heterocycles. The van der Waals surface area contributed by atoms with Crippen molar-refractivity contribution in [2.45, 2.75) is 6.04 Å². The number of carbonyl (C=O) groups excluding carboxylic acids is 1. The van der Waals surface area contributed by atoms with Crippen molar-refractivity contribution in [1.82, 2.24) is 4.90 Å². The Morgan fingerprint density at radius 3 is 2.95 bits per heavy atom. The third-order valence-electron chi connectivity index (χ3n) is 2.81. The molecule has 1 amide bonds. The number of nitrogens with zero attached hydrogens (tertiary/aromatic N) is 1. The summed E-state index contributed by atoms with van der Waals surface area (Å²) in [6, 6.07) is 4.54. The van der Waals surface area contributed by atoms with Crippen LogP contribution in [-0.4, -0.2) is 41.7 Å². The van der Waals surface area contributed by atoms with Crippen LogP contribution in [0.15, 0.2) is 30.4 Å². The highest BCUT2D eigenvalue weighted by molar-refractivity contribution is 6.35. The summed E-state index contributed by atoms with van der Waals surface area (Å²) in [6.45, 7) is 0.269. The van der Waals surface area contributed by atoms with Crippen molar-refractivity contribution in [2.75, 3.05) is 19.8 Å². The van der Waals surface area contributed by atoms with E-state index in [1.54, 1.807) is 29.2 Å². The van der Waals surface area contributed by atoms with Crippen LogP contribution in [-0.2, 0) is 4.79 Å². The van der Waals surface area contributed by atoms with Crippen LogP contribution in [0.1, 0.15) is 0 Å². The van der Waals surface area contributed by atoms with Gasteiger partial charge in [-0.15, -0.1) is 0 Å². The number of hydrogen-bond donors (Lipinski definition) is 1. The normalized spacial score (nSPS) is 17.8. The van der Waals surface area contributed by atoms with Crippen molar-refractivity contribution in [1.29, 1.82) is 0 Å². The van der Waals surface area contributed by atoms with E-state index < -0.39 is 0 Å². The maximum atomic E-state index is 11.9. The monoisotopic (exact) mass is 301 g/mol. The lowest BCUT2D eigenvalue weighted by Crippen LogP contribution is -2.40. The van der Waals surface area contributed by atoms with Gasteiger partial charge in [-0.2, -0.15) is 0 Å².